The lowest BCUT2D eigenvalue weighted by atomic mass is 10.2. The average Bonchev–Trinajstić information content (AvgIpc) is 2.51. The number of nitrogens with zero attached hydrogens (tertiary/aromatic N) is 3. The van der Waals surface area contributed by atoms with Crippen LogP contribution in [0.5, 0.6) is 0 Å². The SMILES string of the molecule is O=C(Cn1ncc(=O)c2ccccc21)N1CCNCC1. The molecule has 1 aromatic heterocycles. The summed E-state index contributed by atoms with van der Waals surface area (Å²) in [6.07, 6.45) is 1.27. The summed E-state index contributed by atoms with van der Waals surface area (Å²) in [6, 6.07) is 7.22. The molecule has 0 radical (unpaired) electrons. The van der Waals surface area contributed by atoms with Crippen molar-refractivity contribution in [2.24, 2.45) is 0 Å². The van der Waals surface area contributed by atoms with Crippen LogP contribution in [0.3, 0.4) is 0 Å². The second-order valence-electron chi connectivity index (χ2n) is 4.81. The number of rotatable bonds is 2. The van der Waals surface area contributed by atoms with E-state index in [0.717, 1.165) is 26.2 Å². The number of benzene rings is 1. The number of carbonyl (C=O) groups is 1. The Labute approximate surface area is 116 Å². The number of fused-ring (bicyclic) bond motifs is 1. The van der Waals surface area contributed by atoms with Crippen molar-refractivity contribution in [1.29, 1.82) is 0 Å². The zero-order valence-corrected chi connectivity index (χ0v) is 11.1. The minimum atomic E-state index is -0.119. The summed E-state index contributed by atoms with van der Waals surface area (Å²) in [7, 11) is 0. The second kappa shape index (κ2) is 5.42. The number of carbonyl (C=O) groups excluding carboxylic acids is 1. The van der Waals surface area contributed by atoms with Crippen molar-refractivity contribution in [3.05, 3.63) is 40.7 Å². The highest BCUT2D eigenvalue weighted by molar-refractivity contribution is 5.81. The first kappa shape index (κ1) is 12.8. The van der Waals surface area contributed by atoms with Crippen LogP contribution in [0, 0.1) is 0 Å². The van der Waals surface area contributed by atoms with Crippen molar-refractivity contribution in [3.63, 3.8) is 0 Å². The summed E-state index contributed by atoms with van der Waals surface area (Å²) in [5.74, 6) is 0.0350. The van der Waals surface area contributed by atoms with Crippen LogP contribution in [0.1, 0.15) is 0 Å². The van der Waals surface area contributed by atoms with Gasteiger partial charge in [0.05, 0.1) is 11.7 Å². The third kappa shape index (κ3) is 2.42. The average molecular weight is 272 g/mol. The van der Waals surface area contributed by atoms with Gasteiger partial charge in [-0.1, -0.05) is 12.1 Å². The number of hydrogen-bond donors (Lipinski definition) is 1. The Morgan fingerprint density at radius 3 is 2.80 bits per heavy atom. The van der Waals surface area contributed by atoms with E-state index in [4.69, 9.17) is 0 Å². The van der Waals surface area contributed by atoms with Crippen molar-refractivity contribution in [2.45, 2.75) is 6.54 Å². The smallest absolute Gasteiger partial charge is 0.244 e. The van der Waals surface area contributed by atoms with Crippen LogP contribution >= 0.6 is 0 Å². The van der Waals surface area contributed by atoms with Crippen LogP contribution in [0.4, 0.5) is 0 Å². The van der Waals surface area contributed by atoms with Crippen molar-refractivity contribution in [2.75, 3.05) is 26.2 Å². The molecule has 6 nitrogen and oxygen atoms in total. The van der Waals surface area contributed by atoms with Gasteiger partial charge in [0.2, 0.25) is 11.3 Å². The first-order valence-electron chi connectivity index (χ1n) is 6.69. The van der Waals surface area contributed by atoms with Gasteiger partial charge in [-0.2, -0.15) is 5.10 Å². The first-order valence-corrected chi connectivity index (χ1v) is 6.69. The molecule has 2 aromatic rings. The fourth-order valence-electron chi connectivity index (χ4n) is 2.43. The molecule has 1 aromatic carbocycles. The van der Waals surface area contributed by atoms with Gasteiger partial charge in [0, 0.05) is 31.6 Å². The lowest BCUT2D eigenvalue weighted by Crippen LogP contribution is -2.47. The zero-order valence-electron chi connectivity index (χ0n) is 11.1. The van der Waals surface area contributed by atoms with Crippen LogP contribution in [0.2, 0.25) is 0 Å². The Morgan fingerprint density at radius 2 is 2.00 bits per heavy atom. The van der Waals surface area contributed by atoms with E-state index in [1.807, 2.05) is 23.1 Å². The molecule has 3 rings (SSSR count). The molecule has 1 N–H and O–H groups in total. The number of aromatic nitrogens is 2. The molecular formula is C14H16N4O2. The van der Waals surface area contributed by atoms with Crippen molar-refractivity contribution in [3.8, 4) is 0 Å². The van der Waals surface area contributed by atoms with Gasteiger partial charge in [0.25, 0.3) is 0 Å². The molecule has 104 valence electrons. The van der Waals surface area contributed by atoms with E-state index in [2.05, 4.69) is 10.4 Å². The maximum absolute atomic E-state index is 12.3. The second-order valence-corrected chi connectivity index (χ2v) is 4.81. The molecule has 1 fully saturated rings. The highest BCUT2D eigenvalue weighted by Crippen LogP contribution is 2.08. The van der Waals surface area contributed by atoms with Gasteiger partial charge in [0.1, 0.15) is 6.54 Å². The van der Waals surface area contributed by atoms with E-state index in [-0.39, 0.29) is 17.9 Å². The van der Waals surface area contributed by atoms with Crippen LogP contribution in [-0.4, -0.2) is 46.8 Å². The Hall–Kier alpha value is -2.21. The Kier molecular flexibility index (Phi) is 3.47. The molecule has 0 spiro atoms. The number of para-hydroxylation sites is 1. The van der Waals surface area contributed by atoms with Gasteiger partial charge in [-0.25, -0.2) is 0 Å². The van der Waals surface area contributed by atoms with Crippen LogP contribution in [0.25, 0.3) is 10.9 Å². The van der Waals surface area contributed by atoms with Crippen molar-refractivity contribution >= 4 is 16.8 Å². The fraction of sp³-hybridized carbons (Fsp3) is 0.357. The highest BCUT2D eigenvalue weighted by atomic mass is 16.2. The Bertz CT molecular complexity index is 689. The molecule has 0 saturated carbocycles. The predicted molar refractivity (Wildman–Crippen MR) is 75.5 cm³/mol. The van der Waals surface area contributed by atoms with Crippen LogP contribution in [-0.2, 0) is 11.3 Å². The minimum absolute atomic E-state index is 0.0350. The Balaban J connectivity index is 1.89. The summed E-state index contributed by atoms with van der Waals surface area (Å²) in [4.78, 5) is 25.8. The highest BCUT2D eigenvalue weighted by Gasteiger charge is 2.17. The maximum Gasteiger partial charge on any atom is 0.244 e. The lowest BCUT2D eigenvalue weighted by molar-refractivity contribution is -0.132. The van der Waals surface area contributed by atoms with E-state index in [1.165, 1.54) is 6.20 Å². The third-order valence-electron chi connectivity index (χ3n) is 3.52. The van der Waals surface area contributed by atoms with E-state index < -0.39 is 0 Å². The molecule has 1 aliphatic rings. The monoisotopic (exact) mass is 272 g/mol. The number of hydrogen-bond acceptors (Lipinski definition) is 4. The van der Waals surface area contributed by atoms with E-state index >= 15 is 0 Å². The summed E-state index contributed by atoms with van der Waals surface area (Å²) in [6.45, 7) is 3.25. The molecule has 2 heterocycles. The maximum atomic E-state index is 12.3. The Morgan fingerprint density at radius 1 is 1.25 bits per heavy atom. The summed E-state index contributed by atoms with van der Waals surface area (Å²) in [5, 5.41) is 7.89. The molecule has 0 atom stereocenters. The largest absolute Gasteiger partial charge is 0.339 e. The molecule has 6 heteroatoms. The molecule has 0 unspecified atom stereocenters. The van der Waals surface area contributed by atoms with Crippen LogP contribution < -0.4 is 10.7 Å². The summed E-state index contributed by atoms with van der Waals surface area (Å²) in [5.41, 5.74) is 0.579. The number of amides is 1. The van der Waals surface area contributed by atoms with Gasteiger partial charge in [-0.3, -0.25) is 14.3 Å². The normalized spacial score (nSPS) is 15.5. The molecular weight excluding hydrogens is 256 g/mol. The summed E-state index contributed by atoms with van der Waals surface area (Å²) >= 11 is 0. The van der Waals surface area contributed by atoms with Crippen molar-refractivity contribution in [1.82, 2.24) is 20.0 Å². The standard InChI is InChI=1S/C14H16N4O2/c19-13-9-16-18(12-4-2-1-3-11(12)13)10-14(20)17-7-5-15-6-8-17/h1-4,9,15H,5-8,10H2. The third-order valence-corrected chi connectivity index (χ3v) is 3.52. The molecule has 20 heavy (non-hydrogen) atoms. The summed E-state index contributed by atoms with van der Waals surface area (Å²) < 4.78 is 1.60. The van der Waals surface area contributed by atoms with Gasteiger partial charge in [-0.05, 0) is 12.1 Å². The van der Waals surface area contributed by atoms with Crippen LogP contribution in [0.15, 0.2) is 35.3 Å². The van der Waals surface area contributed by atoms with Gasteiger partial charge in [0.15, 0.2) is 0 Å². The fourth-order valence-corrected chi connectivity index (χ4v) is 2.43. The molecule has 1 amide bonds. The topological polar surface area (TPSA) is 67.2 Å². The van der Waals surface area contributed by atoms with Gasteiger partial charge in [-0.15, -0.1) is 0 Å². The number of nitrogens with one attached hydrogen (secondary N) is 1. The van der Waals surface area contributed by atoms with Gasteiger partial charge >= 0.3 is 0 Å². The predicted octanol–water partition coefficient (Wildman–Crippen LogP) is -0.172. The minimum Gasteiger partial charge on any atom is -0.339 e. The van der Waals surface area contributed by atoms with E-state index in [1.54, 1.807) is 10.7 Å². The zero-order chi connectivity index (χ0) is 13.9. The van der Waals surface area contributed by atoms with Crippen molar-refractivity contribution < 1.29 is 4.79 Å². The first-order chi connectivity index (χ1) is 9.75. The van der Waals surface area contributed by atoms with Gasteiger partial charge < -0.3 is 10.2 Å². The quantitative estimate of drug-likeness (QED) is 0.824. The molecule has 1 saturated heterocycles. The lowest BCUT2D eigenvalue weighted by Gasteiger charge is -2.27. The molecule has 0 bridgehead atoms. The number of piperazine rings is 1. The van der Waals surface area contributed by atoms with E-state index in [9.17, 15) is 9.59 Å². The van der Waals surface area contributed by atoms with E-state index in [0.29, 0.717) is 10.9 Å². The molecule has 1 aliphatic heterocycles. The molecule has 0 aliphatic carbocycles.